The molecule has 0 bridgehead atoms. The average Bonchev–Trinajstić information content (AvgIpc) is 2.16. The molecule has 2 nitrogen and oxygen atoms in total. The van der Waals surface area contributed by atoms with E-state index in [1.54, 1.807) is 0 Å². The lowest BCUT2D eigenvalue weighted by atomic mass is 10.1. The van der Waals surface area contributed by atoms with Crippen LogP contribution in [0.2, 0.25) is 0 Å². The molecule has 0 aliphatic rings. The molecule has 0 N–H and O–H groups in total. The van der Waals surface area contributed by atoms with Crippen LogP contribution in [0, 0.1) is 30.1 Å². The van der Waals surface area contributed by atoms with Gasteiger partial charge in [-0.2, -0.15) is 0 Å². The molecule has 0 rings (SSSR count). The largest absolute Gasteiger partial charge is 0.469 e. The van der Waals surface area contributed by atoms with E-state index in [1.165, 1.54) is 7.11 Å². The molecular weight excluding hydrogens is 164 g/mol. The Hall–Kier alpha value is -1.41. The Labute approximate surface area is 79.7 Å². The van der Waals surface area contributed by atoms with Gasteiger partial charge in [-0.25, -0.2) is 0 Å². The molecule has 0 fully saturated rings. The van der Waals surface area contributed by atoms with E-state index in [1.807, 2.05) is 6.92 Å². The summed E-state index contributed by atoms with van der Waals surface area (Å²) in [6.07, 6.45) is 6.76. The molecule has 0 radical (unpaired) electrons. The molecule has 0 aliphatic carbocycles. The van der Waals surface area contributed by atoms with Crippen LogP contribution in [0.25, 0.3) is 0 Å². The van der Waals surface area contributed by atoms with Gasteiger partial charge in [0.1, 0.15) is 0 Å². The number of rotatable bonds is 3. The topological polar surface area (TPSA) is 26.3 Å². The van der Waals surface area contributed by atoms with Gasteiger partial charge in [-0.05, 0) is 0 Å². The summed E-state index contributed by atoms with van der Waals surface area (Å²) < 4.78 is 4.46. The van der Waals surface area contributed by atoms with Crippen LogP contribution in [0.3, 0.4) is 0 Å². The van der Waals surface area contributed by atoms with Gasteiger partial charge in [-0.15, -0.1) is 24.2 Å². The lowest BCUT2D eigenvalue weighted by molar-refractivity contribution is -0.140. The third-order valence-electron chi connectivity index (χ3n) is 1.50. The zero-order valence-electron chi connectivity index (χ0n) is 8.09. The zero-order chi connectivity index (χ0) is 10.1. The summed E-state index contributed by atoms with van der Waals surface area (Å²) in [5, 5.41) is 0. The van der Waals surface area contributed by atoms with Gasteiger partial charge in [0.05, 0.1) is 13.5 Å². The molecule has 0 aromatic heterocycles. The molecule has 0 saturated carbocycles. The number of carbonyl (C=O) groups is 1. The SMILES string of the molecule is C#CC(C)CC#CCCC(=O)OC. The second-order valence-corrected chi connectivity index (χ2v) is 2.70. The second-order valence-electron chi connectivity index (χ2n) is 2.70. The number of esters is 1. The van der Waals surface area contributed by atoms with E-state index < -0.39 is 0 Å². The highest BCUT2D eigenvalue weighted by atomic mass is 16.5. The van der Waals surface area contributed by atoms with Crippen LogP contribution in [0.5, 0.6) is 0 Å². The van der Waals surface area contributed by atoms with Gasteiger partial charge in [0.2, 0.25) is 0 Å². The number of carbonyl (C=O) groups excluding carboxylic acids is 1. The van der Waals surface area contributed by atoms with Gasteiger partial charge in [-0.1, -0.05) is 6.92 Å². The van der Waals surface area contributed by atoms with E-state index in [2.05, 4.69) is 22.5 Å². The normalized spacial score (nSPS) is 10.5. The van der Waals surface area contributed by atoms with Crippen LogP contribution >= 0.6 is 0 Å². The van der Waals surface area contributed by atoms with Crippen molar-refractivity contribution in [2.75, 3.05) is 7.11 Å². The third-order valence-corrected chi connectivity index (χ3v) is 1.50. The van der Waals surface area contributed by atoms with Crippen molar-refractivity contribution in [3.8, 4) is 24.2 Å². The summed E-state index contributed by atoms with van der Waals surface area (Å²) in [7, 11) is 1.37. The summed E-state index contributed by atoms with van der Waals surface area (Å²) in [5.41, 5.74) is 0. The Kier molecular flexibility index (Phi) is 6.46. The fourth-order valence-electron chi connectivity index (χ4n) is 0.639. The van der Waals surface area contributed by atoms with Crippen molar-refractivity contribution < 1.29 is 9.53 Å². The molecule has 0 saturated heterocycles. The Balaban J connectivity index is 3.52. The van der Waals surface area contributed by atoms with Crippen molar-refractivity contribution in [2.24, 2.45) is 5.92 Å². The minimum Gasteiger partial charge on any atom is -0.469 e. The van der Waals surface area contributed by atoms with Gasteiger partial charge in [0.25, 0.3) is 0 Å². The van der Waals surface area contributed by atoms with Crippen molar-refractivity contribution in [1.82, 2.24) is 0 Å². The first-order valence-corrected chi connectivity index (χ1v) is 4.19. The molecule has 70 valence electrons. The van der Waals surface area contributed by atoms with Crippen LogP contribution < -0.4 is 0 Å². The number of terminal acetylenes is 1. The standard InChI is InChI=1S/C11H14O2/c1-4-10(2)8-6-5-7-9-11(12)13-3/h1,10H,7-9H2,2-3H3. The van der Waals surface area contributed by atoms with Crippen LogP contribution in [0.1, 0.15) is 26.2 Å². The summed E-state index contributed by atoms with van der Waals surface area (Å²) >= 11 is 0. The highest BCUT2D eigenvalue weighted by molar-refractivity contribution is 5.69. The molecule has 1 atom stereocenters. The average molecular weight is 178 g/mol. The first-order valence-electron chi connectivity index (χ1n) is 4.19. The van der Waals surface area contributed by atoms with E-state index in [4.69, 9.17) is 6.42 Å². The number of hydrogen-bond acceptors (Lipinski definition) is 2. The monoisotopic (exact) mass is 178 g/mol. The van der Waals surface area contributed by atoms with Gasteiger partial charge in [-0.3, -0.25) is 4.79 Å². The van der Waals surface area contributed by atoms with Crippen molar-refractivity contribution in [3.05, 3.63) is 0 Å². The fourth-order valence-corrected chi connectivity index (χ4v) is 0.639. The highest BCUT2D eigenvalue weighted by Crippen LogP contribution is 1.97. The van der Waals surface area contributed by atoms with Gasteiger partial charge < -0.3 is 4.74 Å². The fraction of sp³-hybridized carbons (Fsp3) is 0.545. The minimum atomic E-state index is -0.223. The van der Waals surface area contributed by atoms with Crippen LogP contribution in [-0.4, -0.2) is 13.1 Å². The highest BCUT2D eigenvalue weighted by Gasteiger charge is 1.95. The summed E-state index contributed by atoms with van der Waals surface area (Å²) in [6.45, 7) is 1.94. The molecule has 0 aliphatic heterocycles. The lowest BCUT2D eigenvalue weighted by Gasteiger charge is -1.94. The van der Waals surface area contributed by atoms with Gasteiger partial charge in [0.15, 0.2) is 0 Å². The molecule has 2 heteroatoms. The molecule has 1 unspecified atom stereocenters. The minimum absolute atomic E-state index is 0.186. The maximum atomic E-state index is 10.6. The maximum Gasteiger partial charge on any atom is 0.306 e. The zero-order valence-corrected chi connectivity index (χ0v) is 8.09. The van der Waals surface area contributed by atoms with Crippen LogP contribution in [-0.2, 0) is 9.53 Å². The van der Waals surface area contributed by atoms with Crippen molar-refractivity contribution >= 4 is 5.97 Å². The van der Waals surface area contributed by atoms with Crippen LogP contribution in [0.15, 0.2) is 0 Å². The summed E-state index contributed by atoms with van der Waals surface area (Å²) in [4.78, 5) is 10.6. The second kappa shape index (κ2) is 7.25. The number of methoxy groups -OCH3 is 1. The summed E-state index contributed by atoms with van der Waals surface area (Å²) in [5.74, 6) is 8.33. The predicted molar refractivity (Wildman–Crippen MR) is 51.6 cm³/mol. The van der Waals surface area contributed by atoms with Crippen molar-refractivity contribution in [3.63, 3.8) is 0 Å². The van der Waals surface area contributed by atoms with E-state index in [0.29, 0.717) is 19.3 Å². The van der Waals surface area contributed by atoms with Crippen LogP contribution in [0.4, 0.5) is 0 Å². The molecule has 0 spiro atoms. The Bertz CT molecular complexity index is 249. The van der Waals surface area contributed by atoms with E-state index in [0.717, 1.165) is 0 Å². The van der Waals surface area contributed by atoms with E-state index in [9.17, 15) is 4.79 Å². The van der Waals surface area contributed by atoms with E-state index in [-0.39, 0.29) is 11.9 Å². The Morgan fingerprint density at radius 2 is 2.23 bits per heavy atom. The first kappa shape index (κ1) is 11.6. The first-order chi connectivity index (χ1) is 6.20. The molecule has 0 amide bonds. The Morgan fingerprint density at radius 3 is 2.77 bits per heavy atom. The van der Waals surface area contributed by atoms with Crippen molar-refractivity contribution in [2.45, 2.75) is 26.2 Å². The quantitative estimate of drug-likeness (QED) is 0.484. The maximum absolute atomic E-state index is 10.6. The molecular formula is C11H14O2. The molecule has 0 heterocycles. The third kappa shape index (κ3) is 6.97. The smallest absolute Gasteiger partial charge is 0.306 e. The van der Waals surface area contributed by atoms with Gasteiger partial charge in [0, 0.05) is 18.8 Å². The Morgan fingerprint density at radius 1 is 1.54 bits per heavy atom. The number of hydrogen-bond donors (Lipinski definition) is 0. The van der Waals surface area contributed by atoms with Gasteiger partial charge >= 0.3 is 5.97 Å². The predicted octanol–water partition coefficient (Wildman–Crippen LogP) is 1.60. The summed E-state index contributed by atoms with van der Waals surface area (Å²) in [6, 6.07) is 0. The molecule has 13 heavy (non-hydrogen) atoms. The van der Waals surface area contributed by atoms with Crippen molar-refractivity contribution in [1.29, 1.82) is 0 Å². The number of ether oxygens (including phenoxy) is 1. The van der Waals surface area contributed by atoms with E-state index >= 15 is 0 Å². The molecule has 0 aromatic rings. The molecule has 0 aromatic carbocycles. The lowest BCUT2D eigenvalue weighted by Crippen LogP contribution is -1.98.